The van der Waals surface area contributed by atoms with Crippen molar-refractivity contribution in [2.45, 2.75) is 38.5 Å². The Morgan fingerprint density at radius 2 is 1.81 bits per heavy atom. The molecule has 0 atom stereocenters. The number of anilines is 2. The van der Waals surface area contributed by atoms with Crippen molar-refractivity contribution in [3.8, 4) is 33.8 Å². The highest BCUT2D eigenvalue weighted by Gasteiger charge is 2.19. The second kappa shape index (κ2) is 13.3. The molecule has 4 N–H and O–H groups in total. The van der Waals surface area contributed by atoms with Gasteiger partial charge in [0, 0.05) is 47.9 Å². The number of hydrogen-bond donors (Lipinski definition) is 4. The van der Waals surface area contributed by atoms with E-state index >= 15 is 0 Å². The number of H-pyrrole nitrogens is 2. The first-order valence-electron chi connectivity index (χ1n) is 16.3. The second-order valence-corrected chi connectivity index (χ2v) is 12.8. The molecule has 0 unspecified atom stereocenters. The number of halogens is 1. The maximum Gasteiger partial charge on any atom is 0.224 e. The van der Waals surface area contributed by atoms with E-state index in [2.05, 4.69) is 35.7 Å². The number of fused-ring (bicyclic) bond motifs is 2. The molecule has 1 amide bonds. The van der Waals surface area contributed by atoms with E-state index in [1.165, 1.54) is 25.3 Å². The van der Waals surface area contributed by atoms with Crippen LogP contribution >= 0.6 is 0 Å². The highest BCUT2D eigenvalue weighted by Crippen LogP contribution is 2.35. The molecule has 0 aliphatic heterocycles. The molecule has 1 saturated carbocycles. The monoisotopic (exact) mass is 630 g/mol. The molecular weight excluding hydrogens is 591 g/mol. The number of likely N-dealkylation sites (N-methyl/N-ethyl adjacent to an activating group) is 1. The van der Waals surface area contributed by atoms with Crippen molar-refractivity contribution in [3.05, 3.63) is 78.9 Å². The number of carbonyl (C=O) groups is 1. The number of aromatic nitrogens is 5. The number of nitrogens with one attached hydrogen (secondary N) is 4. The van der Waals surface area contributed by atoms with E-state index in [4.69, 9.17) is 4.98 Å². The Labute approximate surface area is 273 Å². The van der Waals surface area contributed by atoms with Gasteiger partial charge >= 0.3 is 0 Å². The van der Waals surface area contributed by atoms with Crippen molar-refractivity contribution in [2.75, 3.05) is 37.8 Å². The zero-order valence-corrected chi connectivity index (χ0v) is 26.7. The molecule has 10 heteroatoms. The Bertz CT molecular complexity index is 2040. The summed E-state index contributed by atoms with van der Waals surface area (Å²) in [6.07, 6.45) is 9.92. The lowest BCUT2D eigenvalue weighted by atomic mass is 9.87. The molecule has 1 aliphatic carbocycles. The van der Waals surface area contributed by atoms with Crippen molar-refractivity contribution >= 4 is 39.2 Å². The SMILES string of the molecule is CN(C)CCNc1cc(F)cc(-c2cccc3[nH]c(-c4n[nH]c5ccc(-c6cncc(NC(=O)CC7CCCCC7)c6)nc45)cc23)c1. The van der Waals surface area contributed by atoms with Gasteiger partial charge in [0.25, 0.3) is 0 Å². The fraction of sp³-hybridized carbons (Fsp3) is 0.297. The van der Waals surface area contributed by atoms with E-state index < -0.39 is 0 Å². The summed E-state index contributed by atoms with van der Waals surface area (Å²) < 4.78 is 14.8. The molecular formula is C37H39FN8O. The van der Waals surface area contributed by atoms with Gasteiger partial charge in [-0.05, 0) is 92.5 Å². The van der Waals surface area contributed by atoms with Crippen LogP contribution in [0.1, 0.15) is 38.5 Å². The topological polar surface area (TPSA) is 115 Å². The number of pyridine rings is 2. The number of carbonyl (C=O) groups excluding carboxylic acids is 1. The molecule has 0 radical (unpaired) electrons. The summed E-state index contributed by atoms with van der Waals surface area (Å²) in [6.45, 7) is 1.56. The highest BCUT2D eigenvalue weighted by molar-refractivity contribution is 6.01. The van der Waals surface area contributed by atoms with Crippen molar-refractivity contribution in [1.82, 2.24) is 30.0 Å². The Hall–Kier alpha value is -5.09. The number of hydrogen-bond acceptors (Lipinski definition) is 6. The van der Waals surface area contributed by atoms with Crippen LogP contribution in [0.4, 0.5) is 15.8 Å². The van der Waals surface area contributed by atoms with Crippen LogP contribution in [-0.4, -0.2) is 63.1 Å². The lowest BCUT2D eigenvalue weighted by Crippen LogP contribution is -2.20. The van der Waals surface area contributed by atoms with Gasteiger partial charge in [0.2, 0.25) is 5.91 Å². The van der Waals surface area contributed by atoms with E-state index in [1.54, 1.807) is 18.5 Å². The number of rotatable bonds is 10. The van der Waals surface area contributed by atoms with Gasteiger partial charge in [-0.2, -0.15) is 5.10 Å². The van der Waals surface area contributed by atoms with Crippen LogP contribution in [0, 0.1) is 11.7 Å². The first-order valence-corrected chi connectivity index (χ1v) is 16.3. The minimum absolute atomic E-state index is 0.0321. The zero-order chi connectivity index (χ0) is 32.3. The molecule has 0 bridgehead atoms. The fourth-order valence-corrected chi connectivity index (χ4v) is 6.57. The van der Waals surface area contributed by atoms with Crippen LogP contribution in [0.2, 0.25) is 0 Å². The van der Waals surface area contributed by atoms with Gasteiger partial charge < -0.3 is 20.5 Å². The van der Waals surface area contributed by atoms with Crippen LogP contribution in [0.25, 0.3) is 55.7 Å². The third-order valence-electron chi connectivity index (χ3n) is 8.94. The normalized spacial score (nSPS) is 13.9. The van der Waals surface area contributed by atoms with Crippen molar-refractivity contribution in [1.29, 1.82) is 0 Å². The summed E-state index contributed by atoms with van der Waals surface area (Å²) in [5.74, 6) is 0.204. The molecule has 4 heterocycles. The number of aromatic amines is 2. The number of amides is 1. The maximum absolute atomic E-state index is 14.8. The van der Waals surface area contributed by atoms with Crippen LogP contribution in [0.5, 0.6) is 0 Å². The first-order chi connectivity index (χ1) is 22.9. The molecule has 0 saturated heterocycles. The fourth-order valence-electron chi connectivity index (χ4n) is 6.57. The molecule has 0 spiro atoms. The zero-order valence-electron chi connectivity index (χ0n) is 26.7. The van der Waals surface area contributed by atoms with Gasteiger partial charge in [0.1, 0.15) is 17.0 Å². The van der Waals surface area contributed by atoms with Gasteiger partial charge in [0.15, 0.2) is 0 Å². The molecule has 7 rings (SSSR count). The minimum Gasteiger partial charge on any atom is -0.384 e. The molecule has 1 aliphatic rings. The molecule has 4 aromatic heterocycles. The second-order valence-electron chi connectivity index (χ2n) is 12.8. The summed E-state index contributed by atoms with van der Waals surface area (Å²) in [6, 6.07) is 18.9. The summed E-state index contributed by atoms with van der Waals surface area (Å²) in [4.78, 5) is 27.7. The van der Waals surface area contributed by atoms with Crippen LogP contribution in [0.15, 0.2) is 73.1 Å². The van der Waals surface area contributed by atoms with Crippen LogP contribution in [-0.2, 0) is 4.79 Å². The summed E-state index contributed by atoms with van der Waals surface area (Å²) >= 11 is 0. The van der Waals surface area contributed by atoms with E-state index in [0.717, 1.165) is 69.6 Å². The third-order valence-corrected chi connectivity index (χ3v) is 8.94. The quantitative estimate of drug-likeness (QED) is 0.123. The lowest BCUT2D eigenvalue weighted by molar-refractivity contribution is -0.117. The molecule has 1 fully saturated rings. The molecule has 240 valence electrons. The Balaban J connectivity index is 1.16. The molecule has 9 nitrogen and oxygen atoms in total. The predicted octanol–water partition coefficient (Wildman–Crippen LogP) is 7.86. The van der Waals surface area contributed by atoms with Crippen molar-refractivity contribution < 1.29 is 9.18 Å². The van der Waals surface area contributed by atoms with Gasteiger partial charge in [-0.1, -0.05) is 31.4 Å². The van der Waals surface area contributed by atoms with Gasteiger partial charge in [-0.15, -0.1) is 0 Å². The number of benzene rings is 2. The maximum atomic E-state index is 14.8. The summed E-state index contributed by atoms with van der Waals surface area (Å²) in [5, 5.41) is 15.1. The third kappa shape index (κ3) is 6.88. The van der Waals surface area contributed by atoms with Crippen LogP contribution < -0.4 is 10.6 Å². The average Bonchev–Trinajstić information content (AvgIpc) is 3.69. The average molecular weight is 631 g/mol. The minimum atomic E-state index is -0.292. The predicted molar refractivity (Wildman–Crippen MR) is 187 cm³/mol. The molecule has 6 aromatic rings. The van der Waals surface area contributed by atoms with Gasteiger partial charge in [-0.3, -0.25) is 14.9 Å². The van der Waals surface area contributed by atoms with Crippen LogP contribution in [0.3, 0.4) is 0 Å². The van der Waals surface area contributed by atoms with E-state index in [0.29, 0.717) is 35.8 Å². The van der Waals surface area contributed by atoms with Gasteiger partial charge in [0.05, 0.1) is 28.8 Å². The van der Waals surface area contributed by atoms with Crippen molar-refractivity contribution in [3.63, 3.8) is 0 Å². The smallest absolute Gasteiger partial charge is 0.224 e. The molecule has 47 heavy (non-hydrogen) atoms. The first kappa shape index (κ1) is 30.6. The Morgan fingerprint density at radius 3 is 2.66 bits per heavy atom. The lowest BCUT2D eigenvalue weighted by Gasteiger charge is -2.20. The van der Waals surface area contributed by atoms with Gasteiger partial charge in [-0.25, -0.2) is 9.37 Å². The summed E-state index contributed by atoms with van der Waals surface area (Å²) in [5.41, 5.74) is 8.53. The van der Waals surface area contributed by atoms with E-state index in [1.807, 2.05) is 62.6 Å². The standard InChI is InChI=1S/C37H39FN8O/c1-46(2)14-13-40-27-17-24(16-26(38)19-27)29-9-6-10-32-30(29)20-34(42-32)37-36-33(44-45-37)12-11-31(43-36)25-18-28(22-39-21-25)41-35(47)15-23-7-4-3-5-8-23/h6,9-12,16-23,40,42H,3-5,7-8,13-15H2,1-2H3,(H,41,47)(H,44,45). The van der Waals surface area contributed by atoms with E-state index in [9.17, 15) is 9.18 Å². The Morgan fingerprint density at radius 1 is 0.957 bits per heavy atom. The largest absolute Gasteiger partial charge is 0.384 e. The summed E-state index contributed by atoms with van der Waals surface area (Å²) in [7, 11) is 4.02. The number of nitrogens with zero attached hydrogens (tertiary/aromatic N) is 4. The van der Waals surface area contributed by atoms with Crippen molar-refractivity contribution in [2.24, 2.45) is 5.92 Å². The van der Waals surface area contributed by atoms with E-state index in [-0.39, 0.29) is 11.7 Å². The molecule has 2 aromatic carbocycles. The Kier molecular flexibility index (Phi) is 8.67. The highest BCUT2D eigenvalue weighted by atomic mass is 19.1.